The molecule has 4 aromatic heterocycles. The number of nitrogens with one attached hydrogen (secondary N) is 3. The lowest BCUT2D eigenvalue weighted by molar-refractivity contribution is -0.133. The molecule has 15 nitrogen and oxygen atoms in total. The number of rotatable bonds is 10. The zero-order valence-electron chi connectivity index (χ0n) is 38.3. The summed E-state index contributed by atoms with van der Waals surface area (Å²) in [7, 11) is 2.01. The molecule has 67 heavy (non-hydrogen) atoms. The van der Waals surface area contributed by atoms with Gasteiger partial charge in [-0.05, 0) is 93.3 Å². The number of hydrogen-bond donors (Lipinski definition) is 3. The highest BCUT2D eigenvalue weighted by atomic mass is 19.1. The Balaban J connectivity index is 0.716. The summed E-state index contributed by atoms with van der Waals surface area (Å²) in [4.78, 5) is 68.4. The van der Waals surface area contributed by atoms with Crippen LogP contribution in [0.4, 0.5) is 26.0 Å². The molecular formula is C50H57F2N11O4. The van der Waals surface area contributed by atoms with E-state index in [2.05, 4.69) is 54.4 Å². The van der Waals surface area contributed by atoms with Crippen LogP contribution in [0.3, 0.4) is 0 Å². The van der Waals surface area contributed by atoms with E-state index in [4.69, 9.17) is 4.98 Å². The number of aryl methyl sites for hydroxylation is 2. The Hall–Kier alpha value is -6.46. The normalized spacial score (nSPS) is 20.1. The van der Waals surface area contributed by atoms with E-state index in [1.54, 1.807) is 10.8 Å². The number of carbonyl (C=O) groups excluding carboxylic acids is 3. The van der Waals surface area contributed by atoms with E-state index >= 15 is 8.78 Å². The second kappa shape index (κ2) is 18.3. The molecule has 5 aliphatic rings. The molecule has 10 rings (SSSR count). The van der Waals surface area contributed by atoms with Crippen molar-refractivity contribution in [3.63, 3.8) is 0 Å². The van der Waals surface area contributed by atoms with E-state index in [0.29, 0.717) is 74.7 Å². The van der Waals surface area contributed by atoms with Crippen molar-refractivity contribution < 1.29 is 23.2 Å². The Bertz CT molecular complexity index is 2840. The third-order valence-corrected chi connectivity index (χ3v) is 14.6. The van der Waals surface area contributed by atoms with Crippen molar-refractivity contribution in [1.29, 1.82) is 0 Å². The van der Waals surface area contributed by atoms with Crippen molar-refractivity contribution in [3.8, 4) is 5.69 Å². The highest BCUT2D eigenvalue weighted by Gasteiger charge is 2.31. The van der Waals surface area contributed by atoms with Crippen LogP contribution in [0.5, 0.6) is 0 Å². The van der Waals surface area contributed by atoms with Crippen molar-refractivity contribution in [1.82, 2.24) is 39.1 Å². The van der Waals surface area contributed by atoms with Crippen molar-refractivity contribution in [3.05, 3.63) is 111 Å². The van der Waals surface area contributed by atoms with Crippen LogP contribution in [0.2, 0.25) is 0 Å². The molecule has 3 amide bonds. The second-order valence-electron chi connectivity index (χ2n) is 18.8. The number of carbonyl (C=O) groups is 3. The molecule has 0 spiro atoms. The lowest BCUT2D eigenvalue weighted by Gasteiger charge is -2.39. The number of fused-ring (bicyclic) bond motifs is 2. The van der Waals surface area contributed by atoms with Crippen molar-refractivity contribution in [2.24, 2.45) is 13.0 Å². The summed E-state index contributed by atoms with van der Waals surface area (Å²) < 4.78 is 35.1. The predicted molar refractivity (Wildman–Crippen MR) is 253 cm³/mol. The monoisotopic (exact) mass is 913 g/mol. The number of piperazine rings is 1. The fourth-order valence-corrected chi connectivity index (χ4v) is 10.8. The van der Waals surface area contributed by atoms with E-state index in [-0.39, 0.29) is 41.5 Å². The molecule has 1 aromatic carbocycles. The van der Waals surface area contributed by atoms with Crippen LogP contribution < -0.4 is 26.4 Å². The van der Waals surface area contributed by atoms with E-state index in [1.165, 1.54) is 18.3 Å². The van der Waals surface area contributed by atoms with Gasteiger partial charge in [0, 0.05) is 137 Å². The third-order valence-electron chi connectivity index (χ3n) is 14.6. The lowest BCUT2D eigenvalue weighted by Crippen LogP contribution is -2.49. The van der Waals surface area contributed by atoms with Gasteiger partial charge in [-0.3, -0.25) is 38.9 Å². The van der Waals surface area contributed by atoms with Gasteiger partial charge in [-0.25, -0.2) is 18.7 Å². The van der Waals surface area contributed by atoms with Gasteiger partial charge in [0.15, 0.2) is 11.6 Å². The SMILES string of the molecule is Cc1cc(C(=O)N2CCC(CN3CCN(c4ncc(NC5CCC(=O)NC5=O)cc4F)CC3)CC2)cc(F)c1C1=CCN([C@@H](C)c2cc3c(-n4ccc5c(c4=O)CCN5)ccnc3n2C)CC1. The number of hydrogen-bond acceptors (Lipinski definition) is 11. The van der Waals surface area contributed by atoms with E-state index in [0.717, 1.165) is 90.4 Å². The van der Waals surface area contributed by atoms with Crippen LogP contribution >= 0.6 is 0 Å². The average molecular weight is 914 g/mol. The molecule has 350 valence electrons. The summed E-state index contributed by atoms with van der Waals surface area (Å²) in [6, 6.07) is 10.0. The van der Waals surface area contributed by atoms with Crippen molar-refractivity contribution in [2.75, 3.05) is 81.0 Å². The Kier molecular flexibility index (Phi) is 12.1. The van der Waals surface area contributed by atoms with Gasteiger partial charge in [-0.15, -0.1) is 0 Å². The summed E-state index contributed by atoms with van der Waals surface area (Å²) in [6.07, 6.45) is 10.9. The Morgan fingerprint density at radius 2 is 1.73 bits per heavy atom. The van der Waals surface area contributed by atoms with Gasteiger partial charge in [0.25, 0.3) is 11.5 Å². The Labute approximate surface area is 387 Å². The molecule has 1 unspecified atom stereocenters. The quantitative estimate of drug-likeness (QED) is 0.154. The van der Waals surface area contributed by atoms with Gasteiger partial charge in [-0.1, -0.05) is 6.08 Å². The van der Waals surface area contributed by atoms with Gasteiger partial charge in [0.05, 0.1) is 17.6 Å². The molecule has 2 atom stereocenters. The molecule has 17 heteroatoms. The number of aromatic nitrogens is 4. The topological polar surface area (TPSA) is 153 Å². The predicted octanol–water partition coefficient (Wildman–Crippen LogP) is 5.42. The zero-order chi connectivity index (χ0) is 46.5. The first kappa shape index (κ1) is 44.4. The van der Waals surface area contributed by atoms with Crippen LogP contribution in [-0.4, -0.2) is 123 Å². The van der Waals surface area contributed by atoms with Crippen molar-refractivity contribution >= 4 is 51.5 Å². The second-order valence-corrected chi connectivity index (χ2v) is 18.8. The van der Waals surface area contributed by atoms with Crippen LogP contribution in [0, 0.1) is 24.5 Å². The summed E-state index contributed by atoms with van der Waals surface area (Å²) in [5, 5.41) is 9.49. The van der Waals surface area contributed by atoms with E-state index < -0.39 is 17.8 Å². The van der Waals surface area contributed by atoms with E-state index in [1.807, 2.05) is 48.2 Å². The molecule has 0 radical (unpaired) electrons. The number of amides is 3. The molecule has 0 aliphatic carbocycles. The lowest BCUT2D eigenvalue weighted by atomic mass is 9.92. The first-order valence-corrected chi connectivity index (χ1v) is 23.6. The number of piperidine rings is 2. The standard InChI is InChI=1S/C50H57F2N11O4/c1-30-24-34(49(66)62-15-8-32(9-16-62)29-59-20-22-61(23-21-59)47-39(52)26-35(28-55-47)56-41-4-5-44(64)57-48(41)65)25-38(51)45(30)33-10-17-60(18-11-33)31(2)43-27-37-42(7-14-54-46(37)58(43)3)63-19-12-40-36(50(63)67)6-13-53-40/h7,10,12,14,19,24-28,31-32,41,53,56H,4-6,8-9,11,13,15-18,20-23,29H2,1-3H3,(H,57,64,65)/t31-,41?/m0/s1. The molecular weight excluding hydrogens is 857 g/mol. The van der Waals surface area contributed by atoms with Gasteiger partial charge < -0.3 is 25.0 Å². The zero-order valence-corrected chi connectivity index (χ0v) is 38.3. The molecule has 3 N–H and O–H groups in total. The molecule has 3 fully saturated rings. The van der Waals surface area contributed by atoms with Crippen LogP contribution in [0.25, 0.3) is 22.3 Å². The number of benzene rings is 1. The number of imide groups is 1. The number of nitrogens with zero attached hydrogens (tertiary/aromatic N) is 8. The number of halogens is 2. The highest BCUT2D eigenvalue weighted by Crippen LogP contribution is 2.35. The minimum Gasteiger partial charge on any atom is -0.384 e. The van der Waals surface area contributed by atoms with Crippen molar-refractivity contribution in [2.45, 2.75) is 64.5 Å². The number of pyridine rings is 3. The molecule has 5 aliphatic heterocycles. The maximum Gasteiger partial charge on any atom is 0.260 e. The van der Waals surface area contributed by atoms with Gasteiger partial charge in [0.1, 0.15) is 17.5 Å². The Morgan fingerprint density at radius 1 is 0.925 bits per heavy atom. The van der Waals surface area contributed by atoms with Gasteiger partial charge in [-0.2, -0.15) is 0 Å². The summed E-state index contributed by atoms with van der Waals surface area (Å²) in [5.74, 6) is -1.01. The molecule has 0 bridgehead atoms. The first-order valence-electron chi connectivity index (χ1n) is 23.6. The maximum absolute atomic E-state index is 16.1. The average Bonchev–Trinajstić information content (AvgIpc) is 3.95. The van der Waals surface area contributed by atoms with E-state index in [9.17, 15) is 19.2 Å². The maximum atomic E-state index is 16.1. The first-order chi connectivity index (χ1) is 32.4. The fourth-order valence-electron chi connectivity index (χ4n) is 10.8. The Morgan fingerprint density at radius 3 is 2.46 bits per heavy atom. The highest BCUT2D eigenvalue weighted by molar-refractivity contribution is 6.01. The largest absolute Gasteiger partial charge is 0.384 e. The van der Waals surface area contributed by atoms with Crippen LogP contribution in [-0.2, 0) is 23.1 Å². The molecule has 3 saturated heterocycles. The number of anilines is 3. The molecule has 9 heterocycles. The van der Waals surface area contributed by atoms with Gasteiger partial charge >= 0.3 is 0 Å². The van der Waals surface area contributed by atoms with Crippen LogP contribution in [0.15, 0.2) is 65.9 Å². The summed E-state index contributed by atoms with van der Waals surface area (Å²) in [5.41, 5.74) is 7.45. The molecule has 5 aromatic rings. The van der Waals surface area contributed by atoms with Crippen LogP contribution in [0.1, 0.15) is 77.8 Å². The third kappa shape index (κ3) is 8.70. The summed E-state index contributed by atoms with van der Waals surface area (Å²) in [6.45, 7) is 11.1. The fraction of sp³-hybridized carbons (Fsp3) is 0.440. The minimum atomic E-state index is -0.611. The smallest absolute Gasteiger partial charge is 0.260 e. The molecule has 0 saturated carbocycles. The summed E-state index contributed by atoms with van der Waals surface area (Å²) >= 11 is 0. The number of likely N-dealkylation sites (tertiary alicyclic amines) is 1. The van der Waals surface area contributed by atoms with Gasteiger partial charge in [0.2, 0.25) is 11.8 Å². The minimum absolute atomic E-state index is 0.00769.